The summed E-state index contributed by atoms with van der Waals surface area (Å²) in [5.74, 6) is -1.77. The van der Waals surface area contributed by atoms with E-state index in [0.29, 0.717) is 18.7 Å². The number of hydrogen-bond donors (Lipinski definition) is 2. The van der Waals surface area contributed by atoms with Gasteiger partial charge in [0.2, 0.25) is 0 Å². The Bertz CT molecular complexity index is 2010. The van der Waals surface area contributed by atoms with Gasteiger partial charge in [0.15, 0.2) is 8.32 Å². The number of benzene rings is 3. The molecular weight excluding hydrogens is 752 g/mol. The average molecular weight is 806 g/mol. The highest BCUT2D eigenvalue weighted by molar-refractivity contribution is 6.74. The second-order valence-corrected chi connectivity index (χ2v) is 21.7. The third-order valence-corrected chi connectivity index (χ3v) is 16.0. The van der Waals surface area contributed by atoms with Gasteiger partial charge in [-0.05, 0) is 67.2 Å². The largest absolute Gasteiger partial charge is 0.445 e. The Hall–Kier alpha value is -4.66. The second kappa shape index (κ2) is 17.1. The lowest BCUT2D eigenvalue weighted by Gasteiger charge is -2.45. The monoisotopic (exact) mass is 805 g/mol. The first-order valence-corrected chi connectivity index (χ1v) is 22.5. The van der Waals surface area contributed by atoms with E-state index in [-0.39, 0.29) is 55.7 Å². The summed E-state index contributed by atoms with van der Waals surface area (Å²) >= 11 is 0. The summed E-state index contributed by atoms with van der Waals surface area (Å²) in [6, 6.07) is 19.7. The molecule has 4 atom stereocenters. The Morgan fingerprint density at radius 2 is 1.67 bits per heavy atom. The lowest BCUT2D eigenvalue weighted by Crippen LogP contribution is -2.55. The summed E-state index contributed by atoms with van der Waals surface area (Å²) in [6.45, 7) is 11.8. The van der Waals surface area contributed by atoms with Crippen molar-refractivity contribution in [3.05, 3.63) is 114 Å². The van der Waals surface area contributed by atoms with Crippen molar-refractivity contribution in [2.45, 2.75) is 95.7 Å². The van der Waals surface area contributed by atoms with Crippen molar-refractivity contribution in [3.8, 4) is 11.3 Å². The molecule has 57 heavy (non-hydrogen) atoms. The van der Waals surface area contributed by atoms with Crippen LogP contribution in [0.25, 0.3) is 11.3 Å². The number of likely N-dealkylation sites (tertiary alicyclic amines) is 1. The van der Waals surface area contributed by atoms with Crippen molar-refractivity contribution in [2.75, 3.05) is 26.2 Å². The van der Waals surface area contributed by atoms with Crippen LogP contribution in [-0.2, 0) is 22.3 Å². The maximum Gasteiger partial charge on any atom is 0.410 e. The molecule has 1 aliphatic carbocycles. The van der Waals surface area contributed by atoms with Gasteiger partial charge in [-0.3, -0.25) is 0 Å². The zero-order valence-corrected chi connectivity index (χ0v) is 34.6. The molecule has 14 heteroatoms. The number of hydrogen-bond acceptors (Lipinski definition) is 6. The molecule has 6 rings (SSSR count). The van der Waals surface area contributed by atoms with Crippen LogP contribution in [0, 0.1) is 17.6 Å². The molecule has 2 aliphatic rings. The van der Waals surface area contributed by atoms with Crippen molar-refractivity contribution in [3.63, 3.8) is 0 Å². The number of urea groups is 1. The number of aromatic nitrogens is 2. The summed E-state index contributed by atoms with van der Waals surface area (Å²) < 4.78 is 61.0. The first kappa shape index (κ1) is 42.0. The highest BCUT2D eigenvalue weighted by Gasteiger charge is 2.60. The maximum atomic E-state index is 16.2. The fourth-order valence-corrected chi connectivity index (χ4v) is 8.75. The van der Waals surface area contributed by atoms with Gasteiger partial charge in [-0.25, -0.2) is 27.7 Å². The molecule has 1 aliphatic heterocycles. The number of aliphatic hydroxyl groups is 1. The molecule has 306 valence electrons. The Balaban J connectivity index is 1.45. The van der Waals surface area contributed by atoms with E-state index in [9.17, 15) is 19.1 Å². The Labute approximate surface area is 334 Å². The topological polar surface area (TPSA) is 109 Å². The van der Waals surface area contributed by atoms with Crippen molar-refractivity contribution in [2.24, 2.45) is 5.92 Å². The number of nitrogens with one attached hydrogen (secondary N) is 1. The molecule has 2 fully saturated rings. The summed E-state index contributed by atoms with van der Waals surface area (Å²) in [7, 11) is -2.57. The van der Waals surface area contributed by atoms with Crippen LogP contribution >= 0.6 is 0 Å². The zero-order valence-electron chi connectivity index (χ0n) is 33.6. The van der Waals surface area contributed by atoms with Crippen LogP contribution in [0.2, 0.25) is 18.1 Å². The van der Waals surface area contributed by atoms with E-state index in [4.69, 9.17) is 14.1 Å². The molecule has 3 aromatic carbocycles. The van der Waals surface area contributed by atoms with Gasteiger partial charge < -0.3 is 34.0 Å². The number of rotatable bonds is 14. The molecule has 2 heterocycles. The Kier molecular flexibility index (Phi) is 12.6. The maximum absolute atomic E-state index is 16.2. The van der Waals surface area contributed by atoms with Gasteiger partial charge in [0, 0.05) is 37.3 Å². The number of halogens is 3. The molecule has 1 aromatic heterocycles. The number of amides is 3. The quantitative estimate of drug-likeness (QED) is 0.124. The highest BCUT2D eigenvalue weighted by atomic mass is 28.4. The molecule has 1 saturated carbocycles. The molecule has 2 N–H and O–H groups in total. The zero-order chi connectivity index (χ0) is 41.1. The summed E-state index contributed by atoms with van der Waals surface area (Å²) in [4.78, 5) is 35.7. The number of alkyl halides is 1. The standard InChI is InChI=1S/C43H54F3N5O5Si/c1-29(27-52)47-40(53)51(24-32-23-50(25-36(32)46)41(54)55-28-31-15-11-8-12-16-31)38(43(19-20-43)56-57(5,6)42(2,3)4)39-48-37(34-21-33(44)17-18-35(34)45)26-49(39)22-30-13-9-7-10-14-30/h7-18,21,26,29,32,36,38,52H,19-20,22-25,27-28H2,1-6H3,(H,47,53)/t29-,32-,36-,38-/m0/s1. The van der Waals surface area contributed by atoms with Gasteiger partial charge in [-0.1, -0.05) is 81.4 Å². The molecule has 3 amide bonds. The van der Waals surface area contributed by atoms with Crippen molar-refractivity contribution in [1.82, 2.24) is 24.7 Å². The summed E-state index contributed by atoms with van der Waals surface area (Å²) in [6.07, 6.45) is 0.587. The smallest absolute Gasteiger partial charge is 0.410 e. The van der Waals surface area contributed by atoms with Gasteiger partial charge in [-0.2, -0.15) is 0 Å². The number of imidazole rings is 1. The van der Waals surface area contributed by atoms with Gasteiger partial charge in [-0.15, -0.1) is 0 Å². The van der Waals surface area contributed by atoms with Crippen LogP contribution in [0.5, 0.6) is 0 Å². The molecule has 0 bridgehead atoms. The van der Waals surface area contributed by atoms with Gasteiger partial charge in [0.25, 0.3) is 0 Å². The lowest BCUT2D eigenvalue weighted by molar-refractivity contribution is 0.0360. The van der Waals surface area contributed by atoms with Crippen LogP contribution in [-0.4, -0.2) is 89.0 Å². The van der Waals surface area contributed by atoms with Crippen LogP contribution in [0.1, 0.15) is 63.5 Å². The van der Waals surface area contributed by atoms with Crippen LogP contribution < -0.4 is 5.32 Å². The normalized spacial score (nSPS) is 18.9. The van der Waals surface area contributed by atoms with Crippen LogP contribution in [0.4, 0.5) is 22.8 Å². The van der Waals surface area contributed by atoms with Gasteiger partial charge >= 0.3 is 12.1 Å². The minimum atomic E-state index is -2.57. The molecule has 0 radical (unpaired) electrons. The Morgan fingerprint density at radius 3 is 2.28 bits per heavy atom. The van der Waals surface area contributed by atoms with Crippen molar-refractivity contribution < 1.29 is 37.0 Å². The van der Waals surface area contributed by atoms with Crippen LogP contribution in [0.15, 0.2) is 85.1 Å². The molecule has 10 nitrogen and oxygen atoms in total. The van der Waals surface area contributed by atoms with Gasteiger partial charge in [0.1, 0.15) is 36.3 Å². The number of carbonyl (C=O) groups excluding carboxylic acids is 2. The molecular formula is C43H54F3N5O5Si. The molecule has 0 spiro atoms. The molecule has 0 unspecified atom stereocenters. The van der Waals surface area contributed by atoms with Crippen LogP contribution in [0.3, 0.4) is 0 Å². The van der Waals surface area contributed by atoms with E-state index in [0.717, 1.165) is 29.3 Å². The number of ether oxygens (including phenoxy) is 1. The lowest BCUT2D eigenvalue weighted by atomic mass is 10.0. The van der Waals surface area contributed by atoms with Gasteiger partial charge in [0.05, 0.1) is 30.5 Å². The van der Waals surface area contributed by atoms with Crippen molar-refractivity contribution in [1.29, 1.82) is 0 Å². The minimum Gasteiger partial charge on any atom is -0.445 e. The highest BCUT2D eigenvalue weighted by Crippen LogP contribution is 2.56. The predicted octanol–water partition coefficient (Wildman–Crippen LogP) is 8.47. The fourth-order valence-electron chi connectivity index (χ4n) is 7.11. The van der Waals surface area contributed by atoms with E-state index < -0.39 is 61.9 Å². The van der Waals surface area contributed by atoms with E-state index in [2.05, 4.69) is 39.2 Å². The van der Waals surface area contributed by atoms with E-state index >= 15 is 8.78 Å². The third kappa shape index (κ3) is 9.73. The number of carbonyl (C=O) groups is 2. The first-order valence-electron chi connectivity index (χ1n) is 19.5. The number of aliphatic hydroxyl groups excluding tert-OH is 1. The van der Waals surface area contributed by atoms with E-state index in [1.807, 2.05) is 65.2 Å². The predicted molar refractivity (Wildman–Crippen MR) is 214 cm³/mol. The SMILES string of the molecule is C[C@@H](CO)NC(=O)N(C[C@@H]1CN(C(=O)OCc2ccccc2)C[C@@H]1F)[C@@H](c1nc(-c2cc(F)ccc2F)cn1Cc1ccccc1)C1(O[Si](C)(C)C(C)(C)C)CC1. The average Bonchev–Trinajstić information content (AvgIpc) is 3.66. The van der Waals surface area contributed by atoms with Crippen molar-refractivity contribution >= 4 is 20.4 Å². The second-order valence-electron chi connectivity index (χ2n) is 17.0. The summed E-state index contributed by atoms with van der Waals surface area (Å²) in [5.41, 5.74) is 0.824. The first-order chi connectivity index (χ1) is 27.0. The third-order valence-electron chi connectivity index (χ3n) is 11.4. The number of nitrogens with zero attached hydrogens (tertiary/aromatic N) is 4. The minimum absolute atomic E-state index is 0.0187. The van der Waals surface area contributed by atoms with E-state index in [1.54, 1.807) is 13.1 Å². The summed E-state index contributed by atoms with van der Waals surface area (Å²) in [5, 5.41) is 12.7. The van der Waals surface area contributed by atoms with E-state index in [1.165, 1.54) is 9.80 Å². The fraction of sp³-hybridized carbons (Fsp3) is 0.465. The Morgan fingerprint density at radius 1 is 1.02 bits per heavy atom. The molecule has 4 aromatic rings. The molecule has 1 saturated heterocycles.